The molecular weight excluding hydrogens is 220 g/mol. The average molecular weight is 234 g/mol. The lowest BCUT2D eigenvalue weighted by Gasteiger charge is -2.13. The number of aromatic nitrogens is 5. The van der Waals surface area contributed by atoms with E-state index in [1.54, 1.807) is 6.07 Å². The molecule has 0 radical (unpaired) electrons. The Morgan fingerprint density at radius 3 is 2.94 bits per heavy atom. The molecule has 0 saturated carbocycles. The lowest BCUT2D eigenvalue weighted by atomic mass is 10.2. The molecule has 17 heavy (non-hydrogen) atoms. The van der Waals surface area contributed by atoms with Gasteiger partial charge in [-0.2, -0.15) is 5.10 Å². The van der Waals surface area contributed by atoms with E-state index in [9.17, 15) is 4.79 Å². The van der Waals surface area contributed by atoms with Gasteiger partial charge < -0.3 is 5.73 Å². The van der Waals surface area contributed by atoms with Crippen LogP contribution in [0.4, 0.5) is 0 Å². The molecule has 0 aliphatic heterocycles. The number of hydrogen-bond donors (Lipinski definition) is 1. The van der Waals surface area contributed by atoms with E-state index in [0.717, 1.165) is 0 Å². The summed E-state index contributed by atoms with van der Waals surface area (Å²) in [7, 11) is 0. The molecule has 7 heteroatoms. The minimum atomic E-state index is -0.144. The van der Waals surface area contributed by atoms with Crippen LogP contribution in [0.3, 0.4) is 0 Å². The van der Waals surface area contributed by atoms with Gasteiger partial charge in [-0.05, 0) is 26.0 Å². The number of nitrogens with two attached hydrogens (primary N) is 1. The summed E-state index contributed by atoms with van der Waals surface area (Å²) < 4.78 is 2.93. The van der Waals surface area contributed by atoms with Crippen molar-refractivity contribution in [2.45, 2.75) is 19.4 Å². The van der Waals surface area contributed by atoms with Gasteiger partial charge >= 0.3 is 0 Å². The number of rotatable bonds is 4. The Morgan fingerprint density at radius 2 is 2.29 bits per heavy atom. The van der Waals surface area contributed by atoms with E-state index in [2.05, 4.69) is 15.2 Å². The molecule has 0 aliphatic rings. The third-order valence-corrected chi connectivity index (χ3v) is 2.47. The maximum atomic E-state index is 11.7. The van der Waals surface area contributed by atoms with Crippen LogP contribution in [0.15, 0.2) is 29.6 Å². The lowest BCUT2D eigenvalue weighted by Crippen LogP contribution is -2.27. The first-order valence-corrected chi connectivity index (χ1v) is 5.37. The van der Waals surface area contributed by atoms with Crippen LogP contribution in [0, 0.1) is 0 Å². The molecule has 0 fully saturated rings. The SMILES string of the molecule is C[C@@H](CCN)n1nc(-n2cncn2)ccc1=O. The minimum Gasteiger partial charge on any atom is -0.330 e. The molecule has 0 saturated heterocycles. The summed E-state index contributed by atoms with van der Waals surface area (Å²) >= 11 is 0. The van der Waals surface area contributed by atoms with Crippen molar-refractivity contribution in [3.8, 4) is 5.82 Å². The lowest BCUT2D eigenvalue weighted by molar-refractivity contribution is 0.439. The fourth-order valence-electron chi connectivity index (χ4n) is 1.54. The average Bonchev–Trinajstić information content (AvgIpc) is 2.83. The van der Waals surface area contributed by atoms with Gasteiger partial charge in [0.25, 0.3) is 5.56 Å². The fraction of sp³-hybridized carbons (Fsp3) is 0.400. The Morgan fingerprint density at radius 1 is 1.47 bits per heavy atom. The summed E-state index contributed by atoms with van der Waals surface area (Å²) in [6.45, 7) is 2.43. The molecule has 2 N–H and O–H groups in total. The highest BCUT2D eigenvalue weighted by Gasteiger charge is 2.09. The monoisotopic (exact) mass is 234 g/mol. The van der Waals surface area contributed by atoms with Gasteiger partial charge in [-0.1, -0.05) is 0 Å². The molecule has 2 aromatic rings. The summed E-state index contributed by atoms with van der Waals surface area (Å²) in [6.07, 6.45) is 3.65. The zero-order chi connectivity index (χ0) is 12.3. The molecule has 0 bridgehead atoms. The molecule has 0 spiro atoms. The van der Waals surface area contributed by atoms with Crippen molar-refractivity contribution >= 4 is 0 Å². The van der Waals surface area contributed by atoms with Gasteiger partial charge in [0.2, 0.25) is 0 Å². The van der Waals surface area contributed by atoms with Crippen LogP contribution < -0.4 is 11.3 Å². The molecule has 7 nitrogen and oxygen atoms in total. The van der Waals surface area contributed by atoms with Crippen LogP contribution in [0.5, 0.6) is 0 Å². The molecule has 0 amide bonds. The van der Waals surface area contributed by atoms with Gasteiger partial charge in [0.05, 0.1) is 6.04 Å². The molecule has 90 valence electrons. The van der Waals surface area contributed by atoms with Gasteiger partial charge in [0.15, 0.2) is 5.82 Å². The first kappa shape index (κ1) is 11.5. The predicted molar refractivity (Wildman–Crippen MR) is 61.8 cm³/mol. The maximum Gasteiger partial charge on any atom is 0.267 e. The van der Waals surface area contributed by atoms with E-state index in [4.69, 9.17) is 5.73 Å². The van der Waals surface area contributed by atoms with Crippen molar-refractivity contribution in [1.29, 1.82) is 0 Å². The van der Waals surface area contributed by atoms with Crippen LogP contribution >= 0.6 is 0 Å². The van der Waals surface area contributed by atoms with E-state index >= 15 is 0 Å². The molecule has 0 aliphatic carbocycles. The smallest absolute Gasteiger partial charge is 0.267 e. The predicted octanol–water partition coefficient (Wildman–Crippen LogP) is -0.266. The molecule has 2 aromatic heterocycles. The normalized spacial score (nSPS) is 12.6. The van der Waals surface area contributed by atoms with Crippen LogP contribution in [0.1, 0.15) is 19.4 Å². The van der Waals surface area contributed by atoms with Crippen LogP contribution in [0.2, 0.25) is 0 Å². The largest absolute Gasteiger partial charge is 0.330 e. The summed E-state index contributed by atoms with van der Waals surface area (Å²) in [6, 6.07) is 3.05. The Kier molecular flexibility index (Phi) is 3.29. The standard InChI is InChI=1S/C10H14N6O/c1-8(4-5-11)16-10(17)3-2-9(14-16)15-7-12-6-13-15/h2-3,6-8H,4-5,11H2,1H3/t8-/m0/s1. The van der Waals surface area contributed by atoms with E-state index in [1.807, 2.05) is 6.92 Å². The Bertz CT molecular complexity index is 532. The minimum absolute atomic E-state index is 0.0315. The van der Waals surface area contributed by atoms with Gasteiger partial charge in [0, 0.05) is 6.07 Å². The summed E-state index contributed by atoms with van der Waals surface area (Å²) in [5.41, 5.74) is 5.34. The van der Waals surface area contributed by atoms with E-state index in [0.29, 0.717) is 18.8 Å². The Labute approximate surface area is 97.9 Å². The molecule has 1 atom stereocenters. The fourth-order valence-corrected chi connectivity index (χ4v) is 1.54. The van der Waals surface area contributed by atoms with Crippen molar-refractivity contribution in [2.75, 3.05) is 6.54 Å². The third-order valence-electron chi connectivity index (χ3n) is 2.47. The van der Waals surface area contributed by atoms with Crippen molar-refractivity contribution in [2.24, 2.45) is 5.73 Å². The van der Waals surface area contributed by atoms with Crippen molar-refractivity contribution in [3.05, 3.63) is 35.1 Å². The molecule has 2 heterocycles. The first-order valence-electron chi connectivity index (χ1n) is 5.37. The number of hydrogen-bond acceptors (Lipinski definition) is 5. The summed E-state index contributed by atoms with van der Waals surface area (Å²) in [5.74, 6) is 0.561. The van der Waals surface area contributed by atoms with Crippen molar-refractivity contribution < 1.29 is 0 Å². The second kappa shape index (κ2) is 4.88. The Hall–Kier alpha value is -2.02. The highest BCUT2D eigenvalue weighted by Crippen LogP contribution is 2.06. The van der Waals surface area contributed by atoms with Crippen LogP contribution in [-0.2, 0) is 0 Å². The van der Waals surface area contributed by atoms with E-state index in [1.165, 1.54) is 28.1 Å². The van der Waals surface area contributed by atoms with E-state index in [-0.39, 0.29) is 11.6 Å². The molecular formula is C10H14N6O. The molecule has 0 aromatic carbocycles. The van der Waals surface area contributed by atoms with Gasteiger partial charge in [-0.25, -0.2) is 14.3 Å². The first-order chi connectivity index (χ1) is 8.22. The van der Waals surface area contributed by atoms with Crippen molar-refractivity contribution in [1.82, 2.24) is 24.5 Å². The number of nitrogens with zero attached hydrogens (tertiary/aromatic N) is 5. The molecule has 0 unspecified atom stereocenters. The summed E-state index contributed by atoms with van der Waals surface area (Å²) in [4.78, 5) is 15.5. The quantitative estimate of drug-likeness (QED) is 0.786. The Balaban J connectivity index is 2.39. The molecule has 2 rings (SSSR count). The van der Waals surface area contributed by atoms with Gasteiger partial charge in [-0.3, -0.25) is 4.79 Å². The van der Waals surface area contributed by atoms with Gasteiger partial charge in [0.1, 0.15) is 12.7 Å². The van der Waals surface area contributed by atoms with Crippen molar-refractivity contribution in [3.63, 3.8) is 0 Å². The van der Waals surface area contributed by atoms with Crippen LogP contribution in [0.25, 0.3) is 5.82 Å². The van der Waals surface area contributed by atoms with E-state index < -0.39 is 0 Å². The second-order valence-electron chi connectivity index (χ2n) is 3.74. The van der Waals surface area contributed by atoms with Crippen LogP contribution in [-0.4, -0.2) is 31.1 Å². The zero-order valence-corrected chi connectivity index (χ0v) is 9.52. The zero-order valence-electron chi connectivity index (χ0n) is 9.52. The second-order valence-corrected chi connectivity index (χ2v) is 3.74. The summed E-state index contributed by atoms with van der Waals surface area (Å²) in [5, 5.41) is 8.21. The highest BCUT2D eigenvalue weighted by molar-refractivity contribution is 5.16. The maximum absolute atomic E-state index is 11.7. The third kappa shape index (κ3) is 2.39. The topological polar surface area (TPSA) is 91.6 Å². The van der Waals surface area contributed by atoms with Gasteiger partial charge in [-0.15, -0.1) is 5.10 Å². The highest BCUT2D eigenvalue weighted by atomic mass is 16.1.